The molecular formula is C14H21NO2. The molecule has 0 amide bonds. The highest BCUT2D eigenvalue weighted by Crippen LogP contribution is 2.43. The van der Waals surface area contributed by atoms with Gasteiger partial charge < -0.3 is 14.8 Å². The lowest BCUT2D eigenvalue weighted by Crippen LogP contribution is -2.37. The summed E-state index contributed by atoms with van der Waals surface area (Å²) >= 11 is 0. The van der Waals surface area contributed by atoms with Gasteiger partial charge in [-0.25, -0.2) is 0 Å². The molecule has 0 unspecified atom stereocenters. The largest absolute Gasteiger partial charge is 0.497 e. The number of hydrogen-bond donors (Lipinski definition) is 1. The van der Waals surface area contributed by atoms with Gasteiger partial charge in [-0.15, -0.1) is 0 Å². The van der Waals surface area contributed by atoms with E-state index in [9.17, 15) is 0 Å². The SMILES string of the molecule is CNC1(c2ccc(OC)cc2OC)CCCC1. The normalized spacial score (nSPS) is 18.1. The molecule has 17 heavy (non-hydrogen) atoms. The maximum Gasteiger partial charge on any atom is 0.127 e. The van der Waals surface area contributed by atoms with E-state index in [4.69, 9.17) is 9.47 Å². The van der Waals surface area contributed by atoms with Crippen LogP contribution < -0.4 is 14.8 Å². The molecule has 0 aliphatic heterocycles. The van der Waals surface area contributed by atoms with Gasteiger partial charge in [0.05, 0.1) is 14.2 Å². The van der Waals surface area contributed by atoms with Crippen LogP contribution in [0.4, 0.5) is 0 Å². The Balaban J connectivity index is 2.42. The van der Waals surface area contributed by atoms with Gasteiger partial charge in [0.2, 0.25) is 0 Å². The zero-order valence-electron chi connectivity index (χ0n) is 10.9. The number of ether oxygens (including phenoxy) is 2. The third-order valence-electron chi connectivity index (χ3n) is 3.86. The molecule has 0 saturated heterocycles. The first kappa shape index (κ1) is 12.2. The Morgan fingerprint density at radius 1 is 1.12 bits per heavy atom. The second kappa shape index (κ2) is 4.96. The van der Waals surface area contributed by atoms with Gasteiger partial charge in [0.15, 0.2) is 0 Å². The fraction of sp³-hybridized carbons (Fsp3) is 0.571. The summed E-state index contributed by atoms with van der Waals surface area (Å²) in [6.07, 6.45) is 4.89. The summed E-state index contributed by atoms with van der Waals surface area (Å²) in [4.78, 5) is 0. The summed E-state index contributed by atoms with van der Waals surface area (Å²) in [7, 11) is 5.43. The van der Waals surface area contributed by atoms with Crippen molar-refractivity contribution in [1.82, 2.24) is 5.32 Å². The van der Waals surface area contributed by atoms with Crippen molar-refractivity contribution in [1.29, 1.82) is 0 Å². The van der Waals surface area contributed by atoms with Crippen LogP contribution in [0.2, 0.25) is 0 Å². The third kappa shape index (κ3) is 2.12. The van der Waals surface area contributed by atoms with Crippen LogP contribution in [0.3, 0.4) is 0 Å². The summed E-state index contributed by atoms with van der Waals surface area (Å²) in [6.45, 7) is 0. The Morgan fingerprint density at radius 3 is 2.35 bits per heavy atom. The van der Waals surface area contributed by atoms with Crippen LogP contribution in [-0.2, 0) is 5.54 Å². The quantitative estimate of drug-likeness (QED) is 0.870. The molecule has 0 atom stereocenters. The summed E-state index contributed by atoms with van der Waals surface area (Å²) < 4.78 is 10.7. The molecule has 1 saturated carbocycles. The van der Waals surface area contributed by atoms with Gasteiger partial charge in [-0.2, -0.15) is 0 Å². The minimum Gasteiger partial charge on any atom is -0.497 e. The van der Waals surface area contributed by atoms with E-state index in [-0.39, 0.29) is 5.54 Å². The molecule has 1 fully saturated rings. The number of methoxy groups -OCH3 is 2. The van der Waals surface area contributed by atoms with E-state index >= 15 is 0 Å². The van der Waals surface area contributed by atoms with E-state index in [0.717, 1.165) is 11.5 Å². The molecule has 3 nitrogen and oxygen atoms in total. The molecule has 3 heteroatoms. The first-order valence-corrected chi connectivity index (χ1v) is 6.17. The van der Waals surface area contributed by atoms with Crippen LogP contribution in [0, 0.1) is 0 Å². The maximum absolute atomic E-state index is 5.51. The first-order chi connectivity index (χ1) is 8.25. The zero-order valence-corrected chi connectivity index (χ0v) is 10.9. The fourth-order valence-electron chi connectivity index (χ4n) is 2.83. The molecule has 0 heterocycles. The van der Waals surface area contributed by atoms with Crippen LogP contribution in [-0.4, -0.2) is 21.3 Å². The van der Waals surface area contributed by atoms with Gasteiger partial charge in [0, 0.05) is 17.2 Å². The van der Waals surface area contributed by atoms with Crippen LogP contribution in [0.15, 0.2) is 18.2 Å². The summed E-state index contributed by atoms with van der Waals surface area (Å²) in [5.74, 6) is 1.76. The Bertz CT molecular complexity index is 384. The molecule has 2 rings (SSSR count). The van der Waals surface area contributed by atoms with Crippen LogP contribution >= 0.6 is 0 Å². The molecule has 1 aliphatic rings. The maximum atomic E-state index is 5.51. The Hall–Kier alpha value is -1.22. The molecule has 94 valence electrons. The summed E-state index contributed by atoms with van der Waals surface area (Å²) in [6, 6.07) is 6.10. The highest BCUT2D eigenvalue weighted by atomic mass is 16.5. The third-order valence-corrected chi connectivity index (χ3v) is 3.86. The molecule has 0 radical (unpaired) electrons. The first-order valence-electron chi connectivity index (χ1n) is 6.17. The molecule has 0 bridgehead atoms. The van der Waals surface area contributed by atoms with Gasteiger partial charge in [0.1, 0.15) is 11.5 Å². The van der Waals surface area contributed by atoms with Crippen LogP contribution in [0.1, 0.15) is 31.2 Å². The van der Waals surface area contributed by atoms with E-state index in [0.29, 0.717) is 0 Å². The number of nitrogens with one attached hydrogen (secondary N) is 1. The molecule has 0 aromatic heterocycles. The predicted molar refractivity (Wildman–Crippen MR) is 68.8 cm³/mol. The van der Waals surface area contributed by atoms with Gasteiger partial charge in [0.25, 0.3) is 0 Å². The van der Waals surface area contributed by atoms with E-state index in [1.165, 1.54) is 31.2 Å². The fourth-order valence-corrected chi connectivity index (χ4v) is 2.83. The lowest BCUT2D eigenvalue weighted by atomic mass is 9.87. The topological polar surface area (TPSA) is 30.5 Å². The van der Waals surface area contributed by atoms with E-state index in [1.807, 2.05) is 19.2 Å². The lowest BCUT2D eigenvalue weighted by Gasteiger charge is -2.31. The highest BCUT2D eigenvalue weighted by Gasteiger charge is 2.36. The highest BCUT2D eigenvalue weighted by molar-refractivity contribution is 5.45. The van der Waals surface area contributed by atoms with Gasteiger partial charge >= 0.3 is 0 Å². The van der Waals surface area contributed by atoms with Crippen molar-refractivity contribution in [2.45, 2.75) is 31.2 Å². The summed E-state index contributed by atoms with van der Waals surface area (Å²) in [5.41, 5.74) is 1.33. The van der Waals surface area contributed by atoms with Crippen molar-refractivity contribution in [3.63, 3.8) is 0 Å². The van der Waals surface area contributed by atoms with E-state index in [1.54, 1.807) is 14.2 Å². The van der Waals surface area contributed by atoms with Crippen LogP contribution in [0.25, 0.3) is 0 Å². The van der Waals surface area contributed by atoms with Crippen molar-refractivity contribution in [2.24, 2.45) is 0 Å². The second-order valence-electron chi connectivity index (χ2n) is 4.61. The average molecular weight is 235 g/mol. The lowest BCUT2D eigenvalue weighted by molar-refractivity contribution is 0.336. The van der Waals surface area contributed by atoms with Gasteiger partial charge in [-0.1, -0.05) is 12.8 Å². The number of hydrogen-bond acceptors (Lipinski definition) is 3. The Morgan fingerprint density at radius 2 is 1.82 bits per heavy atom. The van der Waals surface area contributed by atoms with Crippen molar-refractivity contribution >= 4 is 0 Å². The molecule has 1 aromatic rings. The van der Waals surface area contributed by atoms with Crippen molar-refractivity contribution < 1.29 is 9.47 Å². The smallest absolute Gasteiger partial charge is 0.127 e. The number of benzene rings is 1. The standard InChI is InChI=1S/C14H21NO2/c1-15-14(8-4-5-9-14)12-7-6-11(16-2)10-13(12)17-3/h6-7,10,15H,4-5,8-9H2,1-3H3. The van der Waals surface area contributed by atoms with E-state index in [2.05, 4.69) is 11.4 Å². The Labute approximate surface area is 103 Å². The minimum absolute atomic E-state index is 0.0810. The van der Waals surface area contributed by atoms with E-state index < -0.39 is 0 Å². The Kier molecular flexibility index (Phi) is 3.57. The van der Waals surface area contributed by atoms with Gasteiger partial charge in [-0.05, 0) is 32.0 Å². The second-order valence-corrected chi connectivity index (χ2v) is 4.61. The summed E-state index contributed by atoms with van der Waals surface area (Å²) in [5, 5.41) is 3.49. The zero-order chi connectivity index (χ0) is 12.3. The monoisotopic (exact) mass is 235 g/mol. The number of rotatable bonds is 4. The average Bonchev–Trinajstić information content (AvgIpc) is 2.87. The predicted octanol–water partition coefficient (Wildman–Crippen LogP) is 2.69. The van der Waals surface area contributed by atoms with Crippen molar-refractivity contribution in [3.8, 4) is 11.5 Å². The molecular weight excluding hydrogens is 214 g/mol. The van der Waals surface area contributed by atoms with Crippen LogP contribution in [0.5, 0.6) is 11.5 Å². The molecule has 1 aromatic carbocycles. The molecule has 1 N–H and O–H groups in total. The van der Waals surface area contributed by atoms with Crippen molar-refractivity contribution in [2.75, 3.05) is 21.3 Å². The minimum atomic E-state index is 0.0810. The van der Waals surface area contributed by atoms with Crippen molar-refractivity contribution in [3.05, 3.63) is 23.8 Å². The van der Waals surface area contributed by atoms with Gasteiger partial charge in [-0.3, -0.25) is 0 Å². The molecule has 1 aliphatic carbocycles. The molecule has 0 spiro atoms.